The Labute approximate surface area is 201 Å². The predicted octanol–water partition coefficient (Wildman–Crippen LogP) is 5.34. The van der Waals surface area contributed by atoms with Crippen molar-refractivity contribution in [3.8, 4) is 5.75 Å². The number of aryl methyl sites for hydroxylation is 1. The van der Waals surface area contributed by atoms with Gasteiger partial charge in [-0.3, -0.25) is 14.5 Å². The smallest absolute Gasteiger partial charge is 0.417 e. The molecule has 2 aliphatic rings. The first kappa shape index (κ1) is 24.5. The highest BCUT2D eigenvalue weighted by Gasteiger charge is 2.44. The molecule has 2 aromatic rings. The number of carbonyl (C=O) groups excluding carboxylic acids is 2. The SMILES string of the molecule is COc1ccc(CCC2CCN([C@@H]3CC(=O)N(c4ccc(Cl)c(C(F)(F)F)c4)C3=O)CC2)cc1. The number of halogens is 4. The maximum absolute atomic E-state index is 13.2. The molecule has 9 heteroatoms. The van der Waals surface area contributed by atoms with E-state index in [0.29, 0.717) is 19.0 Å². The van der Waals surface area contributed by atoms with Crippen LogP contribution in [0, 0.1) is 5.92 Å². The van der Waals surface area contributed by atoms with E-state index in [0.717, 1.165) is 48.5 Å². The number of hydrogen-bond donors (Lipinski definition) is 0. The van der Waals surface area contributed by atoms with Gasteiger partial charge in [0.05, 0.1) is 35.8 Å². The van der Waals surface area contributed by atoms with E-state index in [9.17, 15) is 22.8 Å². The fourth-order valence-corrected chi connectivity index (χ4v) is 4.98. The third-order valence-electron chi connectivity index (χ3n) is 6.73. The van der Waals surface area contributed by atoms with Crippen LogP contribution in [-0.2, 0) is 22.2 Å². The topological polar surface area (TPSA) is 49.9 Å². The number of carbonyl (C=O) groups is 2. The van der Waals surface area contributed by atoms with Gasteiger partial charge in [0.15, 0.2) is 0 Å². The van der Waals surface area contributed by atoms with E-state index >= 15 is 0 Å². The number of imide groups is 1. The molecule has 0 saturated carbocycles. The zero-order valence-electron chi connectivity index (χ0n) is 18.8. The lowest BCUT2D eigenvalue weighted by molar-refractivity contribution is -0.137. The second-order valence-corrected chi connectivity index (χ2v) is 9.22. The number of ether oxygens (including phenoxy) is 1. The van der Waals surface area contributed by atoms with E-state index in [-0.39, 0.29) is 12.1 Å². The van der Waals surface area contributed by atoms with Crippen LogP contribution in [0.2, 0.25) is 5.02 Å². The Morgan fingerprint density at radius 2 is 1.74 bits per heavy atom. The van der Waals surface area contributed by atoms with Crippen molar-refractivity contribution in [2.75, 3.05) is 25.1 Å². The van der Waals surface area contributed by atoms with E-state index in [1.807, 2.05) is 17.0 Å². The van der Waals surface area contributed by atoms with E-state index in [4.69, 9.17) is 16.3 Å². The number of likely N-dealkylation sites (tertiary alicyclic amines) is 1. The van der Waals surface area contributed by atoms with Crippen molar-refractivity contribution in [2.45, 2.75) is 44.3 Å². The molecule has 0 aliphatic carbocycles. The second kappa shape index (κ2) is 9.96. The van der Waals surface area contributed by atoms with Gasteiger partial charge in [0.2, 0.25) is 5.91 Å². The van der Waals surface area contributed by atoms with Gasteiger partial charge in [0.1, 0.15) is 5.75 Å². The standard InChI is InChI=1S/C25H26ClF3N2O3/c1-34-19-7-4-16(5-8-19)2-3-17-10-12-30(13-11-17)22-15-23(32)31(24(22)33)18-6-9-21(26)20(14-18)25(27,28)29/h4-9,14,17,22H,2-3,10-13,15H2,1H3/t22-/m1/s1. The Hall–Kier alpha value is -2.58. The van der Waals surface area contributed by atoms with Crippen molar-refractivity contribution >= 4 is 29.1 Å². The lowest BCUT2D eigenvalue weighted by Crippen LogP contribution is -2.46. The summed E-state index contributed by atoms with van der Waals surface area (Å²) >= 11 is 5.68. The maximum atomic E-state index is 13.2. The summed E-state index contributed by atoms with van der Waals surface area (Å²) in [4.78, 5) is 28.5. The molecule has 0 N–H and O–H groups in total. The van der Waals surface area contributed by atoms with Crippen molar-refractivity contribution in [1.82, 2.24) is 4.90 Å². The number of rotatable bonds is 6. The number of benzene rings is 2. The lowest BCUT2D eigenvalue weighted by Gasteiger charge is -2.34. The predicted molar refractivity (Wildman–Crippen MR) is 123 cm³/mol. The van der Waals surface area contributed by atoms with Gasteiger partial charge in [-0.15, -0.1) is 0 Å². The molecule has 2 aliphatic heterocycles. The maximum Gasteiger partial charge on any atom is 0.417 e. The molecule has 4 rings (SSSR count). The molecule has 0 radical (unpaired) electrons. The summed E-state index contributed by atoms with van der Waals surface area (Å²) in [6.45, 7) is 1.36. The summed E-state index contributed by atoms with van der Waals surface area (Å²) in [5.74, 6) is 0.381. The van der Waals surface area contributed by atoms with Gasteiger partial charge in [-0.1, -0.05) is 23.7 Å². The largest absolute Gasteiger partial charge is 0.497 e. The molecule has 1 atom stereocenters. The van der Waals surface area contributed by atoms with Gasteiger partial charge in [0.25, 0.3) is 5.91 Å². The summed E-state index contributed by atoms with van der Waals surface area (Å²) in [5, 5.41) is -0.469. The normalized spacial score (nSPS) is 20.3. The van der Waals surface area contributed by atoms with E-state index in [2.05, 4.69) is 12.1 Å². The molecule has 0 aromatic heterocycles. The van der Waals surface area contributed by atoms with Crippen molar-refractivity contribution in [3.63, 3.8) is 0 Å². The molecule has 34 heavy (non-hydrogen) atoms. The monoisotopic (exact) mass is 494 g/mol. The van der Waals surface area contributed by atoms with Crippen LogP contribution in [0.1, 0.15) is 36.8 Å². The van der Waals surface area contributed by atoms with Crippen LogP contribution in [0.4, 0.5) is 18.9 Å². The van der Waals surface area contributed by atoms with E-state index in [1.165, 1.54) is 11.6 Å². The highest BCUT2D eigenvalue weighted by molar-refractivity contribution is 6.31. The fourth-order valence-electron chi connectivity index (χ4n) is 4.76. The van der Waals surface area contributed by atoms with Gasteiger partial charge < -0.3 is 4.74 Å². The molecule has 5 nitrogen and oxygen atoms in total. The van der Waals surface area contributed by atoms with Crippen LogP contribution in [-0.4, -0.2) is 43.0 Å². The van der Waals surface area contributed by atoms with Crippen LogP contribution in [0.25, 0.3) is 0 Å². The molecule has 0 unspecified atom stereocenters. The van der Waals surface area contributed by atoms with Gasteiger partial charge >= 0.3 is 6.18 Å². The van der Waals surface area contributed by atoms with Gasteiger partial charge in [0, 0.05) is 0 Å². The zero-order chi connectivity index (χ0) is 24.5. The number of nitrogens with zero attached hydrogens (tertiary/aromatic N) is 2. The molecule has 2 amide bonds. The van der Waals surface area contributed by atoms with E-state index < -0.39 is 34.6 Å². The van der Waals surface area contributed by atoms with Crippen molar-refractivity contribution in [2.24, 2.45) is 5.92 Å². The minimum absolute atomic E-state index is 0.0284. The van der Waals surface area contributed by atoms with Gasteiger partial charge in [-0.25, -0.2) is 4.90 Å². The number of alkyl halides is 3. The van der Waals surface area contributed by atoms with Crippen LogP contribution >= 0.6 is 11.6 Å². The molecular formula is C25H26ClF3N2O3. The minimum Gasteiger partial charge on any atom is -0.497 e. The molecule has 2 fully saturated rings. The van der Waals surface area contributed by atoms with Crippen LogP contribution in [0.3, 0.4) is 0 Å². The van der Waals surface area contributed by atoms with Crippen LogP contribution < -0.4 is 9.64 Å². The molecule has 182 valence electrons. The number of hydrogen-bond acceptors (Lipinski definition) is 4. The third kappa shape index (κ3) is 5.23. The molecule has 2 saturated heterocycles. The zero-order valence-corrected chi connectivity index (χ0v) is 19.5. The first-order valence-corrected chi connectivity index (χ1v) is 11.7. The first-order valence-electron chi connectivity index (χ1n) is 11.3. The summed E-state index contributed by atoms with van der Waals surface area (Å²) in [7, 11) is 1.64. The van der Waals surface area contributed by atoms with Crippen LogP contribution in [0.15, 0.2) is 42.5 Å². The second-order valence-electron chi connectivity index (χ2n) is 8.82. The fraction of sp³-hybridized carbons (Fsp3) is 0.440. The lowest BCUT2D eigenvalue weighted by atomic mass is 9.90. The Kier molecular flexibility index (Phi) is 7.19. The average Bonchev–Trinajstić information content (AvgIpc) is 3.12. The molecule has 0 spiro atoms. The number of methoxy groups -OCH3 is 1. The average molecular weight is 495 g/mol. The Balaban J connectivity index is 1.35. The Bertz CT molecular complexity index is 1050. The highest BCUT2D eigenvalue weighted by Crippen LogP contribution is 2.38. The van der Waals surface area contributed by atoms with Crippen molar-refractivity contribution in [3.05, 3.63) is 58.6 Å². The summed E-state index contributed by atoms with van der Waals surface area (Å²) in [6, 6.07) is 10.5. The Morgan fingerprint density at radius 3 is 2.35 bits per heavy atom. The molecular weight excluding hydrogens is 469 g/mol. The minimum atomic E-state index is -4.67. The number of piperidine rings is 1. The molecule has 2 heterocycles. The Morgan fingerprint density at radius 1 is 1.06 bits per heavy atom. The summed E-state index contributed by atoms with van der Waals surface area (Å²) in [6.07, 6.45) is -0.887. The van der Waals surface area contributed by atoms with Gasteiger partial charge in [-0.05, 0) is 80.6 Å². The molecule has 2 aromatic carbocycles. The summed E-state index contributed by atoms with van der Waals surface area (Å²) in [5.41, 5.74) is 0.0913. The van der Waals surface area contributed by atoms with Gasteiger partial charge in [-0.2, -0.15) is 13.2 Å². The van der Waals surface area contributed by atoms with Crippen molar-refractivity contribution < 1.29 is 27.5 Å². The van der Waals surface area contributed by atoms with Crippen molar-refractivity contribution in [1.29, 1.82) is 0 Å². The number of anilines is 1. The first-order chi connectivity index (χ1) is 16.2. The quantitative estimate of drug-likeness (QED) is 0.508. The van der Waals surface area contributed by atoms with Crippen LogP contribution in [0.5, 0.6) is 5.75 Å². The summed E-state index contributed by atoms with van der Waals surface area (Å²) < 4.78 is 44.9. The third-order valence-corrected chi connectivity index (χ3v) is 7.06. The number of amides is 2. The van der Waals surface area contributed by atoms with E-state index in [1.54, 1.807) is 7.11 Å². The highest BCUT2D eigenvalue weighted by atomic mass is 35.5. The molecule has 0 bridgehead atoms.